The van der Waals surface area contributed by atoms with Crippen molar-refractivity contribution in [2.75, 3.05) is 13.2 Å². The standard InChI is InChI=1S/C2H3NO3.C2H7NO/c3-1(4)2(5)6;3-1-2-4/h(H2,3,4)(H,5,6);4H,1-3H2. The van der Waals surface area contributed by atoms with E-state index < -0.39 is 11.9 Å². The monoisotopic (exact) mass is 150 g/mol. The van der Waals surface area contributed by atoms with E-state index in [1.807, 2.05) is 0 Å². The van der Waals surface area contributed by atoms with Crippen molar-refractivity contribution in [3.05, 3.63) is 0 Å². The van der Waals surface area contributed by atoms with Crippen molar-refractivity contribution >= 4 is 11.9 Å². The summed E-state index contributed by atoms with van der Waals surface area (Å²) in [6.45, 7) is 0.472. The van der Waals surface area contributed by atoms with E-state index in [9.17, 15) is 9.59 Å². The molecule has 0 rings (SSSR count). The molecule has 0 bridgehead atoms. The Morgan fingerprint density at radius 2 is 1.60 bits per heavy atom. The number of hydrogen-bond donors (Lipinski definition) is 4. The van der Waals surface area contributed by atoms with Crippen molar-refractivity contribution in [1.29, 1.82) is 0 Å². The average molecular weight is 150 g/mol. The zero-order valence-corrected chi connectivity index (χ0v) is 5.28. The molecule has 0 aliphatic rings. The van der Waals surface area contributed by atoms with Crippen LogP contribution in [0.25, 0.3) is 0 Å². The van der Waals surface area contributed by atoms with Crippen LogP contribution in [-0.4, -0.2) is 35.2 Å². The van der Waals surface area contributed by atoms with E-state index in [0.29, 0.717) is 6.54 Å². The molecule has 0 atom stereocenters. The normalized spacial score (nSPS) is 7.40. The number of carboxylic acids is 1. The Kier molecular flexibility index (Phi) is 9.14. The zero-order valence-electron chi connectivity index (χ0n) is 5.28. The SMILES string of the molecule is NC(=O)C(=O)O.NCCO. The average Bonchev–Trinajstić information content (AvgIpc) is 1.89. The topological polar surface area (TPSA) is 127 Å². The van der Waals surface area contributed by atoms with Crippen LogP contribution in [0.4, 0.5) is 0 Å². The van der Waals surface area contributed by atoms with Gasteiger partial charge in [0.25, 0.3) is 0 Å². The lowest BCUT2D eigenvalue weighted by molar-refractivity contribution is -0.148. The Bertz CT molecular complexity index is 99.8. The quantitative estimate of drug-likeness (QED) is 0.307. The molecule has 0 radical (unpaired) electrons. The third-order valence-electron chi connectivity index (χ3n) is 0.340. The first-order valence-corrected chi connectivity index (χ1v) is 2.40. The van der Waals surface area contributed by atoms with Crippen LogP contribution in [-0.2, 0) is 9.59 Å². The molecule has 6 nitrogen and oxygen atoms in total. The smallest absolute Gasteiger partial charge is 0.394 e. The van der Waals surface area contributed by atoms with Gasteiger partial charge in [-0.15, -0.1) is 0 Å². The molecule has 0 heterocycles. The molecule has 0 spiro atoms. The number of rotatable bonds is 1. The number of aliphatic hydroxyl groups excluding tert-OH is 1. The van der Waals surface area contributed by atoms with Gasteiger partial charge in [-0.2, -0.15) is 0 Å². The van der Waals surface area contributed by atoms with E-state index in [1.165, 1.54) is 0 Å². The molecule has 0 fully saturated rings. The molecule has 0 saturated carbocycles. The second-order valence-electron chi connectivity index (χ2n) is 1.18. The van der Waals surface area contributed by atoms with Crippen LogP contribution in [0.3, 0.4) is 0 Å². The molecule has 0 aromatic rings. The molecule has 60 valence electrons. The number of nitrogens with two attached hydrogens (primary N) is 2. The van der Waals surface area contributed by atoms with Crippen LogP contribution in [0.15, 0.2) is 0 Å². The fourth-order valence-electron chi connectivity index (χ4n) is 0. The predicted octanol–water partition coefficient (Wildman–Crippen LogP) is -2.51. The number of aliphatic hydroxyl groups is 1. The highest BCUT2D eigenvalue weighted by Crippen LogP contribution is 1.51. The molecule has 0 unspecified atom stereocenters. The molecule has 0 saturated heterocycles. The Morgan fingerprint density at radius 1 is 1.40 bits per heavy atom. The van der Waals surface area contributed by atoms with E-state index in [0.717, 1.165) is 0 Å². The lowest BCUT2D eigenvalue weighted by Gasteiger charge is -1.74. The fraction of sp³-hybridized carbons (Fsp3) is 0.500. The van der Waals surface area contributed by atoms with Crippen LogP contribution in [0.5, 0.6) is 0 Å². The summed E-state index contributed by atoms with van der Waals surface area (Å²) in [5.74, 6) is -2.93. The molecular weight excluding hydrogens is 140 g/mol. The highest BCUT2D eigenvalue weighted by molar-refractivity contribution is 6.30. The molecule has 6 N–H and O–H groups in total. The van der Waals surface area contributed by atoms with Gasteiger partial charge in [-0.25, -0.2) is 4.79 Å². The van der Waals surface area contributed by atoms with Crippen LogP contribution < -0.4 is 11.5 Å². The molecule has 0 aliphatic heterocycles. The van der Waals surface area contributed by atoms with Crippen molar-refractivity contribution in [2.24, 2.45) is 11.5 Å². The second kappa shape index (κ2) is 7.86. The summed E-state index contributed by atoms with van der Waals surface area (Å²) in [6.07, 6.45) is 0. The molecule has 1 amide bonds. The summed E-state index contributed by atoms with van der Waals surface area (Å²) in [6, 6.07) is 0. The van der Waals surface area contributed by atoms with Gasteiger partial charge in [0, 0.05) is 6.54 Å². The maximum atomic E-state index is 9.32. The van der Waals surface area contributed by atoms with Gasteiger partial charge in [-0.1, -0.05) is 0 Å². The van der Waals surface area contributed by atoms with Gasteiger partial charge in [-0.05, 0) is 0 Å². The summed E-state index contributed by atoms with van der Waals surface area (Å²) in [5, 5.41) is 15.3. The van der Waals surface area contributed by atoms with Crippen LogP contribution >= 0.6 is 0 Å². The molecule has 0 aromatic carbocycles. The van der Waals surface area contributed by atoms with Crippen LogP contribution in [0.1, 0.15) is 0 Å². The summed E-state index contributed by atoms with van der Waals surface area (Å²) >= 11 is 0. The molecule has 6 heteroatoms. The van der Waals surface area contributed by atoms with Gasteiger partial charge >= 0.3 is 11.9 Å². The largest absolute Gasteiger partial charge is 0.474 e. The van der Waals surface area contributed by atoms with Gasteiger partial charge < -0.3 is 21.7 Å². The van der Waals surface area contributed by atoms with Gasteiger partial charge in [0.1, 0.15) is 0 Å². The Balaban J connectivity index is 0. The number of amides is 1. The maximum Gasteiger partial charge on any atom is 0.394 e. The van der Waals surface area contributed by atoms with Crippen LogP contribution in [0.2, 0.25) is 0 Å². The predicted molar refractivity (Wildman–Crippen MR) is 33.0 cm³/mol. The Labute approximate surface area is 57.4 Å². The summed E-state index contributed by atoms with van der Waals surface area (Å²) in [5.41, 5.74) is 8.97. The first-order chi connectivity index (χ1) is 4.56. The minimum Gasteiger partial charge on any atom is -0.474 e. The van der Waals surface area contributed by atoms with E-state index in [1.54, 1.807) is 0 Å². The number of aliphatic carboxylic acids is 1. The minimum absolute atomic E-state index is 0.0972. The summed E-state index contributed by atoms with van der Waals surface area (Å²) in [4.78, 5) is 18.5. The van der Waals surface area contributed by atoms with Gasteiger partial charge in [0.15, 0.2) is 0 Å². The number of carbonyl (C=O) groups excluding carboxylic acids is 1. The lowest BCUT2D eigenvalue weighted by atomic mass is 10.7. The Morgan fingerprint density at radius 3 is 1.60 bits per heavy atom. The van der Waals surface area contributed by atoms with Crippen molar-refractivity contribution in [3.63, 3.8) is 0 Å². The van der Waals surface area contributed by atoms with Crippen molar-refractivity contribution < 1.29 is 19.8 Å². The van der Waals surface area contributed by atoms with E-state index in [2.05, 4.69) is 5.73 Å². The lowest BCUT2D eigenvalue weighted by Crippen LogP contribution is -2.21. The van der Waals surface area contributed by atoms with Crippen molar-refractivity contribution in [2.45, 2.75) is 0 Å². The highest BCUT2D eigenvalue weighted by atomic mass is 16.4. The number of carbonyl (C=O) groups is 2. The fourth-order valence-corrected chi connectivity index (χ4v) is 0. The second-order valence-corrected chi connectivity index (χ2v) is 1.18. The van der Waals surface area contributed by atoms with Crippen molar-refractivity contribution in [1.82, 2.24) is 0 Å². The van der Waals surface area contributed by atoms with Gasteiger partial charge in [0.05, 0.1) is 6.61 Å². The van der Waals surface area contributed by atoms with Gasteiger partial charge in [-0.3, -0.25) is 4.79 Å². The summed E-state index contributed by atoms with van der Waals surface area (Å²) in [7, 11) is 0. The van der Waals surface area contributed by atoms with Crippen LogP contribution in [0, 0.1) is 0 Å². The minimum atomic E-state index is -1.60. The zero-order chi connectivity index (χ0) is 8.57. The maximum absolute atomic E-state index is 9.32. The number of hydrogen-bond acceptors (Lipinski definition) is 4. The van der Waals surface area contributed by atoms with Gasteiger partial charge in [0.2, 0.25) is 0 Å². The Hall–Kier alpha value is -1.14. The molecule has 10 heavy (non-hydrogen) atoms. The third kappa shape index (κ3) is 15.8. The van der Waals surface area contributed by atoms with Crippen molar-refractivity contribution in [3.8, 4) is 0 Å². The van der Waals surface area contributed by atoms with E-state index >= 15 is 0 Å². The highest BCUT2D eigenvalue weighted by Gasteiger charge is 2.00. The summed E-state index contributed by atoms with van der Waals surface area (Å²) < 4.78 is 0. The van der Waals surface area contributed by atoms with E-state index in [4.69, 9.17) is 15.9 Å². The number of carboxylic acid groups (broad SMARTS) is 1. The molecule has 0 aliphatic carbocycles. The first-order valence-electron chi connectivity index (χ1n) is 2.40. The third-order valence-corrected chi connectivity index (χ3v) is 0.340. The molecular formula is C4H10N2O4. The van der Waals surface area contributed by atoms with E-state index in [-0.39, 0.29) is 6.61 Å². The molecule has 0 aromatic heterocycles. The number of primary amides is 1. The first kappa shape index (κ1) is 11.6.